The molecule has 0 aromatic heterocycles. The molecule has 0 bridgehead atoms. The molecule has 0 heterocycles. The standard InChI is InChI=1S/C15H21FN2O2S/c1-20-13-6-10(5-11(16)7-13)9-17-15(19)18-12-3-4-14(8-12)21-2/h5-7,12,14H,3-4,8-9H2,1-2H3,(H2,17,18,19)/t12-,14+/m1/s1. The highest BCUT2D eigenvalue weighted by Gasteiger charge is 2.24. The molecule has 0 spiro atoms. The van der Waals surface area contributed by atoms with E-state index < -0.39 is 0 Å². The maximum Gasteiger partial charge on any atom is 0.315 e. The summed E-state index contributed by atoms with van der Waals surface area (Å²) in [5.74, 6) is 0.0796. The van der Waals surface area contributed by atoms with Gasteiger partial charge in [-0.25, -0.2) is 9.18 Å². The van der Waals surface area contributed by atoms with Gasteiger partial charge in [-0.15, -0.1) is 0 Å². The fourth-order valence-corrected chi connectivity index (χ4v) is 3.34. The number of carbonyl (C=O) groups is 1. The van der Waals surface area contributed by atoms with Crippen molar-refractivity contribution < 1.29 is 13.9 Å². The molecule has 1 aliphatic carbocycles. The molecule has 1 aromatic rings. The third-order valence-corrected chi connectivity index (χ3v) is 4.77. The summed E-state index contributed by atoms with van der Waals surface area (Å²) in [7, 11) is 1.49. The first kappa shape index (κ1) is 15.9. The minimum atomic E-state index is -0.370. The molecule has 1 aromatic carbocycles. The van der Waals surface area contributed by atoms with Crippen molar-refractivity contribution in [2.45, 2.75) is 37.1 Å². The van der Waals surface area contributed by atoms with Crippen LogP contribution in [-0.4, -0.2) is 30.7 Å². The van der Waals surface area contributed by atoms with E-state index in [1.165, 1.54) is 19.2 Å². The number of urea groups is 1. The predicted molar refractivity (Wildman–Crippen MR) is 83.3 cm³/mol. The van der Waals surface area contributed by atoms with E-state index in [2.05, 4.69) is 16.9 Å². The van der Waals surface area contributed by atoms with Crippen LogP contribution in [0.3, 0.4) is 0 Å². The quantitative estimate of drug-likeness (QED) is 0.879. The molecule has 6 heteroatoms. The van der Waals surface area contributed by atoms with Crippen LogP contribution in [0.1, 0.15) is 24.8 Å². The van der Waals surface area contributed by atoms with Crippen molar-refractivity contribution in [1.29, 1.82) is 0 Å². The second kappa shape index (κ2) is 7.54. The molecule has 1 saturated carbocycles. The number of halogens is 1. The second-order valence-corrected chi connectivity index (χ2v) is 6.33. The number of ether oxygens (including phenoxy) is 1. The van der Waals surface area contributed by atoms with Gasteiger partial charge in [0.25, 0.3) is 0 Å². The molecule has 0 unspecified atom stereocenters. The molecule has 0 saturated heterocycles. The van der Waals surface area contributed by atoms with Gasteiger partial charge in [-0.05, 0) is 43.2 Å². The van der Waals surface area contributed by atoms with E-state index in [1.54, 1.807) is 6.07 Å². The van der Waals surface area contributed by atoms with Gasteiger partial charge in [0.1, 0.15) is 11.6 Å². The third-order valence-electron chi connectivity index (χ3n) is 3.67. The van der Waals surface area contributed by atoms with Crippen molar-refractivity contribution in [3.63, 3.8) is 0 Å². The summed E-state index contributed by atoms with van der Waals surface area (Å²) in [5.41, 5.74) is 0.676. The Morgan fingerprint density at radius 1 is 1.43 bits per heavy atom. The first-order valence-corrected chi connectivity index (χ1v) is 8.30. The minimum Gasteiger partial charge on any atom is -0.497 e. The van der Waals surface area contributed by atoms with Crippen LogP contribution in [0.25, 0.3) is 0 Å². The van der Waals surface area contributed by atoms with Gasteiger partial charge in [0, 0.05) is 23.9 Å². The van der Waals surface area contributed by atoms with Crippen LogP contribution < -0.4 is 15.4 Å². The lowest BCUT2D eigenvalue weighted by Gasteiger charge is -2.14. The summed E-state index contributed by atoms with van der Waals surface area (Å²) in [4.78, 5) is 11.9. The van der Waals surface area contributed by atoms with Crippen LogP contribution in [-0.2, 0) is 6.54 Å². The maximum atomic E-state index is 13.3. The van der Waals surface area contributed by atoms with E-state index in [1.807, 2.05) is 11.8 Å². The van der Waals surface area contributed by atoms with E-state index >= 15 is 0 Å². The molecule has 2 atom stereocenters. The molecular weight excluding hydrogens is 291 g/mol. The van der Waals surface area contributed by atoms with Gasteiger partial charge in [-0.1, -0.05) is 0 Å². The molecule has 4 nitrogen and oxygen atoms in total. The van der Waals surface area contributed by atoms with E-state index in [-0.39, 0.29) is 24.4 Å². The average Bonchev–Trinajstić information content (AvgIpc) is 2.92. The molecule has 1 fully saturated rings. The van der Waals surface area contributed by atoms with Crippen molar-refractivity contribution in [3.8, 4) is 5.75 Å². The Morgan fingerprint density at radius 3 is 2.90 bits per heavy atom. The summed E-state index contributed by atoms with van der Waals surface area (Å²) >= 11 is 1.85. The zero-order valence-corrected chi connectivity index (χ0v) is 13.1. The smallest absolute Gasteiger partial charge is 0.315 e. The summed E-state index contributed by atoms with van der Waals surface area (Å²) in [6.07, 6.45) is 5.28. The first-order chi connectivity index (χ1) is 10.1. The minimum absolute atomic E-state index is 0.204. The van der Waals surface area contributed by atoms with E-state index in [0.29, 0.717) is 16.6 Å². The van der Waals surface area contributed by atoms with Crippen LogP contribution in [0, 0.1) is 5.82 Å². The number of carbonyl (C=O) groups excluding carboxylic acids is 1. The molecular formula is C15H21FN2O2S. The Bertz CT molecular complexity index is 499. The van der Waals surface area contributed by atoms with Crippen molar-refractivity contribution in [1.82, 2.24) is 10.6 Å². The maximum absolute atomic E-state index is 13.3. The summed E-state index contributed by atoms with van der Waals surface area (Å²) in [5, 5.41) is 6.37. The summed E-state index contributed by atoms with van der Waals surface area (Å²) in [6, 6.07) is 4.45. The number of hydrogen-bond donors (Lipinski definition) is 2. The number of nitrogens with one attached hydrogen (secondary N) is 2. The molecule has 2 rings (SSSR count). The zero-order chi connectivity index (χ0) is 15.2. The van der Waals surface area contributed by atoms with Crippen LogP contribution in [0.4, 0.5) is 9.18 Å². The fraction of sp³-hybridized carbons (Fsp3) is 0.533. The monoisotopic (exact) mass is 312 g/mol. The van der Waals surface area contributed by atoms with E-state index in [4.69, 9.17) is 4.74 Å². The number of methoxy groups -OCH3 is 1. The Hall–Kier alpha value is -1.43. The lowest BCUT2D eigenvalue weighted by atomic mass is 10.2. The highest BCUT2D eigenvalue weighted by molar-refractivity contribution is 7.99. The highest BCUT2D eigenvalue weighted by Crippen LogP contribution is 2.28. The number of rotatable bonds is 5. The predicted octanol–water partition coefficient (Wildman–Crippen LogP) is 2.92. The molecule has 0 radical (unpaired) electrons. The molecule has 1 aliphatic rings. The zero-order valence-electron chi connectivity index (χ0n) is 12.3. The Morgan fingerprint density at radius 2 is 2.24 bits per heavy atom. The Kier molecular flexibility index (Phi) is 5.73. The SMILES string of the molecule is COc1cc(F)cc(CNC(=O)N[C@@H]2CC[C@H](SC)C2)c1. The van der Waals surface area contributed by atoms with Crippen LogP contribution in [0.2, 0.25) is 0 Å². The fourth-order valence-electron chi connectivity index (χ4n) is 2.54. The number of hydrogen-bond acceptors (Lipinski definition) is 3. The Labute approximate surface area is 128 Å². The van der Waals surface area contributed by atoms with E-state index in [9.17, 15) is 9.18 Å². The van der Waals surface area contributed by atoms with Crippen molar-refractivity contribution in [2.75, 3.05) is 13.4 Å². The van der Waals surface area contributed by atoms with Crippen LogP contribution >= 0.6 is 11.8 Å². The molecule has 21 heavy (non-hydrogen) atoms. The molecule has 116 valence electrons. The summed E-state index contributed by atoms with van der Waals surface area (Å²) < 4.78 is 18.3. The van der Waals surface area contributed by atoms with Gasteiger partial charge in [0.05, 0.1) is 7.11 Å². The van der Waals surface area contributed by atoms with E-state index in [0.717, 1.165) is 19.3 Å². The second-order valence-electron chi connectivity index (χ2n) is 5.19. The number of thioether (sulfide) groups is 1. The highest BCUT2D eigenvalue weighted by atomic mass is 32.2. The van der Waals surface area contributed by atoms with Gasteiger partial charge in [0.15, 0.2) is 0 Å². The number of amides is 2. The van der Waals surface area contributed by atoms with Crippen molar-refractivity contribution in [3.05, 3.63) is 29.6 Å². The first-order valence-electron chi connectivity index (χ1n) is 7.01. The molecule has 0 aliphatic heterocycles. The van der Waals surface area contributed by atoms with Gasteiger partial charge >= 0.3 is 6.03 Å². The summed E-state index contributed by atoms with van der Waals surface area (Å²) in [6.45, 7) is 0.276. The van der Waals surface area contributed by atoms with Crippen LogP contribution in [0.5, 0.6) is 5.75 Å². The normalized spacial score (nSPS) is 21.1. The lowest BCUT2D eigenvalue weighted by molar-refractivity contribution is 0.236. The van der Waals surface area contributed by atoms with Gasteiger partial charge in [-0.2, -0.15) is 11.8 Å². The molecule has 2 amide bonds. The van der Waals surface area contributed by atoms with Gasteiger partial charge in [0.2, 0.25) is 0 Å². The topological polar surface area (TPSA) is 50.4 Å². The third kappa shape index (κ3) is 4.81. The van der Waals surface area contributed by atoms with Crippen molar-refractivity contribution in [2.24, 2.45) is 0 Å². The Balaban J connectivity index is 1.80. The number of benzene rings is 1. The largest absolute Gasteiger partial charge is 0.497 e. The van der Waals surface area contributed by atoms with Gasteiger partial charge < -0.3 is 15.4 Å². The average molecular weight is 312 g/mol. The molecule has 2 N–H and O–H groups in total. The van der Waals surface area contributed by atoms with Crippen LogP contribution in [0.15, 0.2) is 18.2 Å². The van der Waals surface area contributed by atoms with Gasteiger partial charge in [-0.3, -0.25) is 0 Å². The lowest BCUT2D eigenvalue weighted by Crippen LogP contribution is -2.40. The van der Waals surface area contributed by atoms with Crippen molar-refractivity contribution >= 4 is 17.8 Å².